The third-order valence-electron chi connectivity index (χ3n) is 3.06. The first-order chi connectivity index (χ1) is 10.2. The Hall–Kier alpha value is -2.86. The second-order valence-corrected chi connectivity index (χ2v) is 4.49. The fourth-order valence-corrected chi connectivity index (χ4v) is 2.13. The number of ether oxygens (including phenoxy) is 1. The number of aromatic nitrogens is 2. The topological polar surface area (TPSA) is 84.1 Å². The molecule has 0 fully saturated rings. The van der Waals surface area contributed by atoms with Crippen molar-refractivity contribution < 1.29 is 19.7 Å². The number of aliphatic hydroxyl groups is 1. The van der Waals surface area contributed by atoms with E-state index in [2.05, 4.69) is 9.72 Å². The third-order valence-corrected chi connectivity index (χ3v) is 3.06. The zero-order valence-corrected chi connectivity index (χ0v) is 10.9. The van der Waals surface area contributed by atoms with Crippen LogP contribution >= 0.6 is 0 Å². The normalized spacial score (nSPS) is 10.7. The molecule has 0 atom stereocenters. The van der Waals surface area contributed by atoms with Gasteiger partial charge < -0.3 is 19.4 Å². The van der Waals surface area contributed by atoms with Crippen LogP contribution in [0.4, 0.5) is 4.79 Å². The lowest BCUT2D eigenvalue weighted by Gasteiger charge is -2.04. The van der Waals surface area contributed by atoms with E-state index >= 15 is 0 Å². The summed E-state index contributed by atoms with van der Waals surface area (Å²) in [4.78, 5) is 14.6. The number of pyridine rings is 1. The van der Waals surface area contributed by atoms with Gasteiger partial charge in [-0.15, -0.1) is 0 Å². The minimum atomic E-state index is -1.39. The van der Waals surface area contributed by atoms with Gasteiger partial charge in [-0.3, -0.25) is 0 Å². The summed E-state index contributed by atoms with van der Waals surface area (Å²) in [6, 6.07) is 11.2. The molecule has 0 aliphatic rings. The number of hydrogen-bond acceptors (Lipinski definition) is 4. The van der Waals surface area contributed by atoms with E-state index in [0.717, 1.165) is 16.7 Å². The van der Waals surface area contributed by atoms with Crippen LogP contribution in [0.5, 0.6) is 5.88 Å². The zero-order valence-electron chi connectivity index (χ0n) is 10.9. The molecule has 106 valence electrons. The predicted molar refractivity (Wildman–Crippen MR) is 75.2 cm³/mol. The summed E-state index contributed by atoms with van der Waals surface area (Å²) in [5.74, 6) is 0.0313. The van der Waals surface area contributed by atoms with Crippen molar-refractivity contribution >= 4 is 11.8 Å². The van der Waals surface area contributed by atoms with Crippen LogP contribution in [0.15, 0.2) is 48.8 Å². The number of imidazole rings is 1. The van der Waals surface area contributed by atoms with Crippen molar-refractivity contribution in [2.24, 2.45) is 0 Å². The van der Waals surface area contributed by atoms with Crippen molar-refractivity contribution in [2.45, 2.75) is 6.61 Å². The van der Waals surface area contributed by atoms with E-state index in [1.54, 1.807) is 10.5 Å². The summed E-state index contributed by atoms with van der Waals surface area (Å²) >= 11 is 0. The minimum absolute atomic E-state index is 0.0161. The summed E-state index contributed by atoms with van der Waals surface area (Å²) in [5.41, 5.74) is 3.30. The summed E-state index contributed by atoms with van der Waals surface area (Å²) in [6.07, 6.45) is 1.94. The molecule has 6 heteroatoms. The molecule has 0 aliphatic carbocycles. The highest BCUT2D eigenvalue weighted by atomic mass is 16.7. The van der Waals surface area contributed by atoms with Gasteiger partial charge in [-0.2, -0.15) is 4.98 Å². The van der Waals surface area contributed by atoms with Crippen molar-refractivity contribution in [3.05, 3.63) is 54.4 Å². The number of fused-ring (bicyclic) bond motifs is 1. The lowest BCUT2D eigenvalue weighted by atomic mass is 10.1. The van der Waals surface area contributed by atoms with Gasteiger partial charge in [0.05, 0.1) is 12.8 Å². The van der Waals surface area contributed by atoms with Crippen molar-refractivity contribution in [3.63, 3.8) is 0 Å². The number of nitrogens with zero attached hydrogens (tertiary/aromatic N) is 2. The Morgan fingerprint density at radius 2 is 2.05 bits per heavy atom. The first-order valence-electron chi connectivity index (χ1n) is 6.25. The van der Waals surface area contributed by atoms with E-state index in [9.17, 15) is 9.90 Å². The highest BCUT2D eigenvalue weighted by Crippen LogP contribution is 2.22. The van der Waals surface area contributed by atoms with E-state index in [1.807, 2.05) is 36.5 Å². The number of carbonyl (C=O) groups is 1. The average molecular weight is 284 g/mol. The molecule has 0 bridgehead atoms. The molecule has 0 amide bonds. The van der Waals surface area contributed by atoms with E-state index in [-0.39, 0.29) is 12.5 Å². The number of benzene rings is 1. The maximum Gasteiger partial charge on any atom is 0.512 e. The van der Waals surface area contributed by atoms with Crippen molar-refractivity contribution in [3.8, 4) is 17.0 Å². The number of carboxylic acid groups (broad SMARTS) is 1. The van der Waals surface area contributed by atoms with Crippen molar-refractivity contribution in [2.75, 3.05) is 0 Å². The van der Waals surface area contributed by atoms with E-state index in [4.69, 9.17) is 5.11 Å². The molecule has 2 aromatic heterocycles. The first kappa shape index (κ1) is 13.1. The summed E-state index contributed by atoms with van der Waals surface area (Å²) < 4.78 is 6.23. The van der Waals surface area contributed by atoms with Crippen LogP contribution in [0.2, 0.25) is 0 Å². The predicted octanol–water partition coefficient (Wildman–Crippen LogP) is 2.55. The molecule has 2 N–H and O–H groups in total. The molecule has 0 radical (unpaired) electrons. The Kier molecular flexibility index (Phi) is 3.29. The van der Waals surface area contributed by atoms with Gasteiger partial charge in [0.15, 0.2) is 0 Å². The van der Waals surface area contributed by atoms with Crippen molar-refractivity contribution in [1.29, 1.82) is 0 Å². The van der Waals surface area contributed by atoms with Crippen LogP contribution < -0.4 is 4.74 Å². The smallest absolute Gasteiger partial charge is 0.449 e. The largest absolute Gasteiger partial charge is 0.512 e. The van der Waals surface area contributed by atoms with Crippen molar-refractivity contribution in [1.82, 2.24) is 9.38 Å². The molecule has 6 nitrogen and oxygen atoms in total. The molecule has 2 heterocycles. The lowest BCUT2D eigenvalue weighted by molar-refractivity contribution is 0.143. The molecule has 1 aromatic carbocycles. The van der Waals surface area contributed by atoms with E-state index in [1.165, 1.54) is 6.20 Å². The molecule has 3 aromatic rings. The van der Waals surface area contributed by atoms with E-state index < -0.39 is 6.16 Å². The third kappa shape index (κ3) is 2.70. The lowest BCUT2D eigenvalue weighted by Crippen LogP contribution is -2.02. The second kappa shape index (κ2) is 5.26. The molecular formula is C15H12N2O4. The van der Waals surface area contributed by atoms with Crippen LogP contribution in [0, 0.1) is 0 Å². The summed E-state index contributed by atoms with van der Waals surface area (Å²) in [5, 5.41) is 17.8. The van der Waals surface area contributed by atoms with Crippen LogP contribution in [0.25, 0.3) is 16.8 Å². The SMILES string of the molecule is O=C(O)Oc1cn2cc(-c3cccc(CO)c3)ccc2n1. The van der Waals surface area contributed by atoms with Crippen LogP contribution in [0.1, 0.15) is 5.56 Å². The van der Waals surface area contributed by atoms with Gasteiger partial charge in [-0.05, 0) is 34.9 Å². The standard InChI is InChI=1S/C15H12N2O4/c18-9-10-2-1-3-11(6-10)12-4-5-13-16-14(21-15(19)20)8-17(13)7-12/h1-8,18H,9H2,(H,19,20). The second-order valence-electron chi connectivity index (χ2n) is 4.49. The molecule has 0 saturated heterocycles. The maximum atomic E-state index is 10.5. The molecular weight excluding hydrogens is 272 g/mol. The zero-order chi connectivity index (χ0) is 14.8. The van der Waals surface area contributed by atoms with Crippen LogP contribution in [-0.2, 0) is 6.61 Å². The summed E-state index contributed by atoms with van der Waals surface area (Å²) in [6.45, 7) is -0.0161. The molecule has 0 aliphatic heterocycles. The average Bonchev–Trinajstić information content (AvgIpc) is 2.87. The van der Waals surface area contributed by atoms with Gasteiger partial charge in [-0.25, -0.2) is 4.79 Å². The van der Waals surface area contributed by atoms with Crippen LogP contribution in [0.3, 0.4) is 0 Å². The minimum Gasteiger partial charge on any atom is -0.449 e. The quantitative estimate of drug-likeness (QED) is 0.722. The van der Waals surface area contributed by atoms with Gasteiger partial charge in [0.2, 0.25) is 5.88 Å². The molecule has 0 spiro atoms. The Bertz CT molecular complexity index is 810. The Balaban J connectivity index is 2.01. The first-order valence-corrected chi connectivity index (χ1v) is 6.25. The molecule has 0 saturated carbocycles. The molecule has 3 rings (SSSR count). The number of rotatable bonds is 3. The van der Waals surface area contributed by atoms with Gasteiger partial charge >= 0.3 is 6.16 Å². The maximum absolute atomic E-state index is 10.5. The number of aliphatic hydroxyl groups excluding tert-OH is 1. The fourth-order valence-electron chi connectivity index (χ4n) is 2.13. The van der Waals surface area contributed by atoms with Gasteiger partial charge in [-0.1, -0.05) is 18.2 Å². The van der Waals surface area contributed by atoms with Gasteiger partial charge in [0.1, 0.15) is 5.65 Å². The number of hydrogen-bond donors (Lipinski definition) is 2. The Morgan fingerprint density at radius 3 is 2.81 bits per heavy atom. The van der Waals surface area contributed by atoms with Gasteiger partial charge in [0.25, 0.3) is 0 Å². The molecule has 0 unspecified atom stereocenters. The van der Waals surface area contributed by atoms with E-state index in [0.29, 0.717) is 5.65 Å². The highest BCUT2D eigenvalue weighted by Gasteiger charge is 2.08. The summed E-state index contributed by atoms with van der Waals surface area (Å²) in [7, 11) is 0. The monoisotopic (exact) mass is 284 g/mol. The Labute approximate surface area is 119 Å². The van der Waals surface area contributed by atoms with Gasteiger partial charge in [0, 0.05) is 6.20 Å². The fraction of sp³-hybridized carbons (Fsp3) is 0.0667. The highest BCUT2D eigenvalue weighted by molar-refractivity contribution is 5.66. The van der Waals surface area contributed by atoms with Crippen LogP contribution in [-0.4, -0.2) is 25.8 Å². The Morgan fingerprint density at radius 1 is 1.19 bits per heavy atom. The molecule has 21 heavy (non-hydrogen) atoms.